The molecule has 2 heteroatoms. The maximum atomic E-state index is 9.13. The van der Waals surface area contributed by atoms with Gasteiger partial charge in [0, 0.05) is 22.2 Å². The van der Waals surface area contributed by atoms with E-state index in [4.69, 9.17) is 10.2 Å². The average molecular weight is 377 g/mol. The Balaban J connectivity index is 1.96. The molecule has 29 heavy (non-hydrogen) atoms. The van der Waals surface area contributed by atoms with Crippen LogP contribution >= 0.6 is 0 Å². The molecule has 142 valence electrons. The second-order valence-electron chi connectivity index (χ2n) is 7.34. The lowest BCUT2D eigenvalue weighted by atomic mass is 9.92. The highest BCUT2D eigenvalue weighted by atomic mass is 14.7. The molecule has 0 aliphatic rings. The second-order valence-corrected chi connectivity index (χ2v) is 7.34. The van der Waals surface area contributed by atoms with Gasteiger partial charge in [0.25, 0.3) is 0 Å². The summed E-state index contributed by atoms with van der Waals surface area (Å²) in [6.07, 6.45) is 4.49. The number of hydrogen-bond acceptors (Lipinski definition) is 2. The number of fused-ring (bicyclic) bond motifs is 1. The summed E-state index contributed by atoms with van der Waals surface area (Å²) < 4.78 is 0. The zero-order valence-electron chi connectivity index (χ0n) is 16.7. The predicted octanol–water partition coefficient (Wildman–Crippen LogP) is 7.17. The molecule has 4 aromatic rings. The fourth-order valence-electron chi connectivity index (χ4n) is 3.89. The molecule has 0 aliphatic heterocycles. The lowest BCUT2D eigenvalue weighted by Crippen LogP contribution is -2.00. The fraction of sp³-hybridized carbons (Fsp3) is 0.185. The molecule has 4 rings (SSSR count). The molecular weight excluding hydrogens is 352 g/mol. The van der Waals surface area contributed by atoms with Gasteiger partial charge in [0.2, 0.25) is 0 Å². The van der Waals surface area contributed by atoms with Crippen LogP contribution in [0.3, 0.4) is 0 Å². The summed E-state index contributed by atoms with van der Waals surface area (Å²) in [5.74, 6) is 0. The quantitative estimate of drug-likeness (QED) is 0.334. The summed E-state index contributed by atoms with van der Waals surface area (Å²) in [7, 11) is 0. The first-order valence-electron chi connectivity index (χ1n) is 10.3. The summed E-state index contributed by atoms with van der Waals surface area (Å²) in [5.41, 5.74) is 6.33. The van der Waals surface area contributed by atoms with E-state index < -0.39 is 0 Å². The van der Waals surface area contributed by atoms with E-state index in [9.17, 15) is 0 Å². The molecule has 0 saturated heterocycles. The standard InChI is InChI=1S/C27H24N2/c1-2-3-5-14-25-26(21-10-6-4-7-11-21)23-12-8-9-13-24(23)27(29-25)22-17-15-20(19-28)16-18-22/h4,6-13,15-18H,2-3,5,14H2,1H3. The molecule has 0 fully saturated rings. The fourth-order valence-corrected chi connectivity index (χ4v) is 3.89. The number of aryl methyl sites for hydroxylation is 1. The Morgan fingerprint density at radius 3 is 2.14 bits per heavy atom. The van der Waals surface area contributed by atoms with Crippen LogP contribution in [0.4, 0.5) is 0 Å². The van der Waals surface area contributed by atoms with Crippen molar-refractivity contribution in [1.29, 1.82) is 5.26 Å². The lowest BCUT2D eigenvalue weighted by Gasteiger charge is -2.16. The Hall–Kier alpha value is -3.44. The van der Waals surface area contributed by atoms with Crippen LogP contribution in [-0.2, 0) is 6.42 Å². The maximum Gasteiger partial charge on any atom is 0.0991 e. The normalized spacial score (nSPS) is 10.8. The molecule has 3 aromatic carbocycles. The molecular formula is C27H24N2. The predicted molar refractivity (Wildman–Crippen MR) is 121 cm³/mol. The van der Waals surface area contributed by atoms with Gasteiger partial charge in [0.05, 0.1) is 17.3 Å². The topological polar surface area (TPSA) is 36.7 Å². The smallest absolute Gasteiger partial charge is 0.0991 e. The van der Waals surface area contributed by atoms with E-state index in [0.29, 0.717) is 5.56 Å². The number of hydrogen-bond donors (Lipinski definition) is 0. The summed E-state index contributed by atoms with van der Waals surface area (Å²) in [6.45, 7) is 2.23. The highest BCUT2D eigenvalue weighted by Crippen LogP contribution is 2.37. The van der Waals surface area contributed by atoms with Crippen LogP contribution in [-0.4, -0.2) is 4.98 Å². The molecule has 0 N–H and O–H groups in total. The molecule has 0 bridgehead atoms. The monoisotopic (exact) mass is 376 g/mol. The lowest BCUT2D eigenvalue weighted by molar-refractivity contribution is 0.709. The minimum absolute atomic E-state index is 0.669. The Morgan fingerprint density at radius 2 is 1.45 bits per heavy atom. The van der Waals surface area contributed by atoms with Crippen molar-refractivity contribution in [3.63, 3.8) is 0 Å². The van der Waals surface area contributed by atoms with Gasteiger partial charge >= 0.3 is 0 Å². The van der Waals surface area contributed by atoms with Crippen molar-refractivity contribution in [2.24, 2.45) is 0 Å². The molecule has 1 aromatic heterocycles. The molecule has 2 nitrogen and oxygen atoms in total. The molecule has 0 saturated carbocycles. The van der Waals surface area contributed by atoms with Gasteiger partial charge in [-0.3, -0.25) is 4.98 Å². The number of unbranched alkanes of at least 4 members (excludes halogenated alkanes) is 2. The Bertz CT molecular complexity index is 1150. The minimum atomic E-state index is 0.669. The van der Waals surface area contributed by atoms with Crippen molar-refractivity contribution in [3.8, 4) is 28.5 Å². The number of rotatable bonds is 6. The average Bonchev–Trinajstić information content (AvgIpc) is 2.79. The van der Waals surface area contributed by atoms with E-state index in [1.807, 2.05) is 24.3 Å². The van der Waals surface area contributed by atoms with E-state index in [1.54, 1.807) is 0 Å². The van der Waals surface area contributed by atoms with Gasteiger partial charge in [-0.15, -0.1) is 0 Å². The first kappa shape index (κ1) is 18.9. The SMILES string of the molecule is CCCCCc1nc(-c2ccc(C#N)cc2)c2ccccc2c1-c1ccccc1. The Labute approximate surface area is 172 Å². The highest BCUT2D eigenvalue weighted by molar-refractivity contribution is 6.04. The van der Waals surface area contributed by atoms with Crippen LogP contribution < -0.4 is 0 Å². The number of nitrogens with zero attached hydrogens (tertiary/aromatic N) is 2. The number of aromatic nitrogens is 1. The van der Waals surface area contributed by atoms with Gasteiger partial charge < -0.3 is 0 Å². The van der Waals surface area contributed by atoms with Gasteiger partial charge in [-0.1, -0.05) is 86.5 Å². The third-order valence-corrected chi connectivity index (χ3v) is 5.35. The molecule has 0 spiro atoms. The molecule has 0 radical (unpaired) electrons. The highest BCUT2D eigenvalue weighted by Gasteiger charge is 2.16. The first-order chi connectivity index (χ1) is 14.3. The zero-order chi connectivity index (χ0) is 20.1. The summed E-state index contributed by atoms with van der Waals surface area (Å²) >= 11 is 0. The third kappa shape index (κ3) is 3.91. The Morgan fingerprint density at radius 1 is 0.759 bits per heavy atom. The van der Waals surface area contributed by atoms with Gasteiger partial charge in [-0.05, 0) is 35.9 Å². The summed E-state index contributed by atoms with van der Waals surface area (Å²) in [5, 5.41) is 11.5. The van der Waals surface area contributed by atoms with Crippen molar-refractivity contribution in [1.82, 2.24) is 4.98 Å². The van der Waals surface area contributed by atoms with Gasteiger partial charge in [-0.2, -0.15) is 5.26 Å². The number of pyridine rings is 1. The molecule has 0 aliphatic carbocycles. The Kier molecular flexibility index (Phi) is 5.68. The molecule has 0 amide bonds. The van der Waals surface area contributed by atoms with Crippen molar-refractivity contribution < 1.29 is 0 Å². The van der Waals surface area contributed by atoms with E-state index >= 15 is 0 Å². The first-order valence-corrected chi connectivity index (χ1v) is 10.3. The van der Waals surface area contributed by atoms with Crippen LogP contribution in [0.25, 0.3) is 33.2 Å². The largest absolute Gasteiger partial charge is 0.252 e. The molecule has 1 heterocycles. The summed E-state index contributed by atoms with van der Waals surface area (Å²) in [6, 6.07) is 29.1. The minimum Gasteiger partial charge on any atom is -0.252 e. The third-order valence-electron chi connectivity index (χ3n) is 5.35. The number of nitriles is 1. The van der Waals surface area contributed by atoms with Crippen molar-refractivity contribution in [2.45, 2.75) is 32.6 Å². The second kappa shape index (κ2) is 8.71. The van der Waals surface area contributed by atoms with Crippen LogP contribution in [0.1, 0.15) is 37.4 Å². The summed E-state index contributed by atoms with van der Waals surface area (Å²) in [4.78, 5) is 5.19. The van der Waals surface area contributed by atoms with Gasteiger partial charge in [0.15, 0.2) is 0 Å². The zero-order valence-corrected chi connectivity index (χ0v) is 16.7. The van der Waals surface area contributed by atoms with Crippen molar-refractivity contribution >= 4 is 10.8 Å². The van der Waals surface area contributed by atoms with Crippen molar-refractivity contribution in [3.05, 3.63) is 90.1 Å². The van der Waals surface area contributed by atoms with Crippen LogP contribution in [0.15, 0.2) is 78.9 Å². The van der Waals surface area contributed by atoms with Gasteiger partial charge in [-0.25, -0.2) is 0 Å². The van der Waals surface area contributed by atoms with E-state index in [-0.39, 0.29) is 0 Å². The number of benzene rings is 3. The molecule has 0 atom stereocenters. The van der Waals surface area contributed by atoms with E-state index in [1.165, 1.54) is 29.4 Å². The van der Waals surface area contributed by atoms with Crippen LogP contribution in [0.2, 0.25) is 0 Å². The maximum absolute atomic E-state index is 9.13. The molecule has 0 unspecified atom stereocenters. The van der Waals surface area contributed by atoms with Crippen LogP contribution in [0.5, 0.6) is 0 Å². The van der Waals surface area contributed by atoms with Crippen molar-refractivity contribution in [2.75, 3.05) is 0 Å². The van der Waals surface area contributed by atoms with Crippen LogP contribution in [0, 0.1) is 11.3 Å². The van der Waals surface area contributed by atoms with Gasteiger partial charge in [0.1, 0.15) is 0 Å². The van der Waals surface area contributed by atoms with E-state index in [2.05, 4.69) is 67.6 Å². The van der Waals surface area contributed by atoms with E-state index in [0.717, 1.165) is 35.2 Å².